The van der Waals surface area contributed by atoms with Crippen LogP contribution in [0.2, 0.25) is 0 Å². The van der Waals surface area contributed by atoms with Crippen molar-refractivity contribution in [3.8, 4) is 0 Å². The van der Waals surface area contributed by atoms with Crippen LogP contribution in [0.1, 0.15) is 28.4 Å². The van der Waals surface area contributed by atoms with E-state index in [0.29, 0.717) is 18.7 Å². The van der Waals surface area contributed by atoms with E-state index in [9.17, 15) is 9.59 Å². The number of nitrogens with one attached hydrogen (secondary N) is 1. The van der Waals surface area contributed by atoms with Crippen molar-refractivity contribution in [2.24, 2.45) is 0 Å². The maximum Gasteiger partial charge on any atom is 0.255 e. The minimum absolute atomic E-state index is 0.0668. The Balaban J connectivity index is 1.86. The second kappa shape index (κ2) is 5.81. The number of carbonyl (C=O) groups is 2. The van der Waals surface area contributed by atoms with Gasteiger partial charge in [-0.25, -0.2) is 0 Å². The molecule has 2 aliphatic rings. The van der Waals surface area contributed by atoms with E-state index in [2.05, 4.69) is 10.3 Å². The maximum absolute atomic E-state index is 12.7. The lowest BCUT2D eigenvalue weighted by atomic mass is 9.96. The fourth-order valence-corrected chi connectivity index (χ4v) is 2.98. The van der Waals surface area contributed by atoms with Crippen LogP contribution < -0.4 is 5.32 Å². The van der Waals surface area contributed by atoms with Crippen LogP contribution in [0.15, 0.2) is 12.4 Å². The summed E-state index contributed by atoms with van der Waals surface area (Å²) in [6.07, 6.45) is 4.18. The average molecular weight is 288 g/mol. The Kier molecular flexibility index (Phi) is 3.88. The zero-order valence-electron chi connectivity index (χ0n) is 12.3. The quantitative estimate of drug-likeness (QED) is 0.792. The standard InChI is InChI=1S/C15H20N4O2/c1-11(20)19-5-2-13-12(10-19)8-17-9-14(13)15(21)18-6-3-16-4-7-18/h8-9,16H,2-7,10H2,1H3. The number of nitrogens with zero attached hydrogens (tertiary/aromatic N) is 3. The Bertz CT molecular complexity index is 567. The fraction of sp³-hybridized carbons (Fsp3) is 0.533. The van der Waals surface area contributed by atoms with E-state index in [-0.39, 0.29) is 11.8 Å². The summed E-state index contributed by atoms with van der Waals surface area (Å²) in [4.78, 5) is 32.0. The molecule has 112 valence electrons. The van der Waals surface area contributed by atoms with E-state index in [1.165, 1.54) is 0 Å². The molecular formula is C15H20N4O2. The van der Waals surface area contributed by atoms with Crippen molar-refractivity contribution >= 4 is 11.8 Å². The highest BCUT2D eigenvalue weighted by Crippen LogP contribution is 2.22. The minimum atomic E-state index is 0.0668. The molecule has 0 bridgehead atoms. The summed E-state index contributed by atoms with van der Waals surface area (Å²) < 4.78 is 0. The van der Waals surface area contributed by atoms with Gasteiger partial charge in [0.25, 0.3) is 5.91 Å². The Morgan fingerprint density at radius 3 is 2.62 bits per heavy atom. The molecule has 1 N–H and O–H groups in total. The molecule has 0 spiro atoms. The van der Waals surface area contributed by atoms with Crippen LogP contribution >= 0.6 is 0 Å². The summed E-state index contributed by atoms with van der Waals surface area (Å²) in [7, 11) is 0. The number of pyridine rings is 1. The van der Waals surface area contributed by atoms with E-state index < -0.39 is 0 Å². The molecule has 6 nitrogen and oxygen atoms in total. The molecule has 3 rings (SSSR count). The molecule has 0 unspecified atom stereocenters. The highest BCUT2D eigenvalue weighted by Gasteiger charge is 2.26. The van der Waals surface area contributed by atoms with Crippen molar-refractivity contribution in [1.82, 2.24) is 20.1 Å². The highest BCUT2D eigenvalue weighted by molar-refractivity contribution is 5.96. The molecule has 21 heavy (non-hydrogen) atoms. The third kappa shape index (κ3) is 2.76. The molecule has 6 heteroatoms. The molecule has 0 aliphatic carbocycles. The molecule has 3 heterocycles. The number of hydrogen-bond acceptors (Lipinski definition) is 4. The van der Waals surface area contributed by atoms with Crippen LogP contribution in [0.25, 0.3) is 0 Å². The summed E-state index contributed by atoms with van der Waals surface area (Å²) in [5.74, 6) is 0.136. The van der Waals surface area contributed by atoms with Crippen LogP contribution in [-0.4, -0.2) is 59.3 Å². The number of rotatable bonds is 1. The van der Waals surface area contributed by atoms with Crippen LogP contribution in [0.4, 0.5) is 0 Å². The SMILES string of the molecule is CC(=O)N1CCc2c(cncc2C(=O)N2CCNCC2)C1. The van der Waals surface area contributed by atoms with Crippen molar-refractivity contribution in [2.45, 2.75) is 19.9 Å². The first-order chi connectivity index (χ1) is 10.2. The van der Waals surface area contributed by atoms with Crippen molar-refractivity contribution in [2.75, 3.05) is 32.7 Å². The first-order valence-electron chi connectivity index (χ1n) is 7.38. The van der Waals surface area contributed by atoms with E-state index >= 15 is 0 Å². The second-order valence-electron chi connectivity index (χ2n) is 5.56. The summed E-state index contributed by atoms with van der Waals surface area (Å²) in [6.45, 7) is 5.96. The van der Waals surface area contributed by atoms with Gasteiger partial charge in [-0.1, -0.05) is 0 Å². The molecule has 1 aromatic heterocycles. The van der Waals surface area contributed by atoms with Crippen LogP contribution in [0.5, 0.6) is 0 Å². The van der Waals surface area contributed by atoms with E-state index in [0.717, 1.165) is 43.7 Å². The number of carbonyl (C=O) groups excluding carboxylic acids is 2. The zero-order chi connectivity index (χ0) is 14.8. The predicted molar refractivity (Wildman–Crippen MR) is 77.8 cm³/mol. The summed E-state index contributed by atoms with van der Waals surface area (Å²) >= 11 is 0. The Morgan fingerprint density at radius 2 is 1.90 bits per heavy atom. The summed E-state index contributed by atoms with van der Waals surface area (Å²) in [5, 5.41) is 3.25. The predicted octanol–water partition coefficient (Wildman–Crippen LogP) is 0.0316. The third-order valence-corrected chi connectivity index (χ3v) is 4.22. The molecule has 0 radical (unpaired) electrons. The van der Waals surface area contributed by atoms with E-state index in [1.54, 1.807) is 24.2 Å². The average Bonchev–Trinajstić information content (AvgIpc) is 2.54. The number of piperazine rings is 1. The lowest BCUT2D eigenvalue weighted by Crippen LogP contribution is -2.47. The van der Waals surface area contributed by atoms with Gasteiger partial charge in [-0.05, 0) is 17.5 Å². The van der Waals surface area contributed by atoms with Gasteiger partial charge < -0.3 is 15.1 Å². The van der Waals surface area contributed by atoms with Crippen molar-refractivity contribution in [3.05, 3.63) is 29.1 Å². The smallest absolute Gasteiger partial charge is 0.255 e. The van der Waals surface area contributed by atoms with Gasteiger partial charge in [0.05, 0.1) is 5.56 Å². The first-order valence-corrected chi connectivity index (χ1v) is 7.38. The van der Waals surface area contributed by atoms with Crippen LogP contribution in [0.3, 0.4) is 0 Å². The van der Waals surface area contributed by atoms with Crippen LogP contribution in [-0.2, 0) is 17.8 Å². The normalized spacial score (nSPS) is 18.3. The topological polar surface area (TPSA) is 65.5 Å². The van der Waals surface area contributed by atoms with Gasteiger partial charge >= 0.3 is 0 Å². The van der Waals surface area contributed by atoms with Crippen molar-refractivity contribution in [3.63, 3.8) is 0 Å². The summed E-state index contributed by atoms with van der Waals surface area (Å²) in [6, 6.07) is 0. The van der Waals surface area contributed by atoms with Gasteiger partial charge in [0, 0.05) is 58.6 Å². The Morgan fingerprint density at radius 1 is 1.14 bits per heavy atom. The van der Waals surface area contributed by atoms with Crippen LogP contribution in [0, 0.1) is 0 Å². The van der Waals surface area contributed by atoms with Gasteiger partial charge in [0.15, 0.2) is 0 Å². The molecule has 1 fully saturated rings. The minimum Gasteiger partial charge on any atom is -0.338 e. The first kappa shape index (κ1) is 14.0. The van der Waals surface area contributed by atoms with Gasteiger partial charge in [-0.2, -0.15) is 0 Å². The van der Waals surface area contributed by atoms with Crippen molar-refractivity contribution in [1.29, 1.82) is 0 Å². The number of fused-ring (bicyclic) bond motifs is 1. The highest BCUT2D eigenvalue weighted by atomic mass is 16.2. The summed E-state index contributed by atoms with van der Waals surface area (Å²) in [5.41, 5.74) is 2.76. The number of hydrogen-bond donors (Lipinski definition) is 1. The molecule has 0 atom stereocenters. The Hall–Kier alpha value is -1.95. The maximum atomic E-state index is 12.7. The van der Waals surface area contributed by atoms with Gasteiger partial charge in [-0.15, -0.1) is 0 Å². The monoisotopic (exact) mass is 288 g/mol. The molecule has 0 saturated carbocycles. The van der Waals surface area contributed by atoms with Gasteiger partial charge in [0.1, 0.15) is 0 Å². The molecule has 0 aromatic carbocycles. The molecule has 2 amide bonds. The Labute approximate surface area is 124 Å². The second-order valence-corrected chi connectivity index (χ2v) is 5.56. The van der Waals surface area contributed by atoms with Crippen molar-refractivity contribution < 1.29 is 9.59 Å². The van der Waals surface area contributed by atoms with Gasteiger partial charge in [-0.3, -0.25) is 14.6 Å². The largest absolute Gasteiger partial charge is 0.338 e. The van der Waals surface area contributed by atoms with Gasteiger partial charge in [0.2, 0.25) is 5.91 Å². The third-order valence-electron chi connectivity index (χ3n) is 4.22. The number of amides is 2. The molecule has 1 saturated heterocycles. The molecule has 1 aromatic rings. The molecule has 2 aliphatic heterocycles. The molecular weight excluding hydrogens is 268 g/mol. The van der Waals surface area contributed by atoms with E-state index in [4.69, 9.17) is 0 Å². The van der Waals surface area contributed by atoms with E-state index in [1.807, 2.05) is 4.90 Å². The lowest BCUT2D eigenvalue weighted by molar-refractivity contribution is -0.129. The fourth-order valence-electron chi connectivity index (χ4n) is 2.98. The zero-order valence-corrected chi connectivity index (χ0v) is 12.3. The lowest BCUT2D eigenvalue weighted by Gasteiger charge is -2.31. The number of aromatic nitrogens is 1.